The molecule has 0 fully saturated rings. The molecule has 1 atom stereocenters. The number of carbonyl (C=O) groups excluding carboxylic acids is 2. The van der Waals surface area contributed by atoms with Crippen LogP contribution in [0.4, 0.5) is 5.69 Å². The molecular formula is C18H21NO3S. The summed E-state index contributed by atoms with van der Waals surface area (Å²) in [6.07, 6.45) is 0.0315. The van der Waals surface area contributed by atoms with E-state index < -0.39 is 12.1 Å². The first-order valence-electron chi connectivity index (χ1n) is 7.58. The molecule has 1 aromatic carbocycles. The highest BCUT2D eigenvalue weighted by molar-refractivity contribution is 7.14. The first kappa shape index (κ1) is 17.2. The Morgan fingerprint density at radius 2 is 1.87 bits per heavy atom. The number of rotatable bonds is 5. The standard InChI is InChI=1S/C18H21NO3S/c1-5-15-12(3)10-16(23-15)18(21)22-13(4)17(20)19-14-8-6-11(2)7-9-14/h6-10,13H,5H2,1-4H3,(H,19,20)/t13-/m1/s1. The molecule has 0 aliphatic carbocycles. The van der Waals surface area contributed by atoms with Crippen molar-refractivity contribution in [2.45, 2.75) is 40.2 Å². The van der Waals surface area contributed by atoms with Crippen molar-refractivity contribution in [2.75, 3.05) is 5.32 Å². The van der Waals surface area contributed by atoms with Crippen LogP contribution < -0.4 is 5.32 Å². The van der Waals surface area contributed by atoms with Gasteiger partial charge < -0.3 is 10.1 Å². The smallest absolute Gasteiger partial charge is 0.349 e. The molecule has 1 heterocycles. The Bertz CT molecular complexity index is 704. The molecule has 0 saturated heterocycles. The Hall–Kier alpha value is -2.14. The van der Waals surface area contributed by atoms with Gasteiger partial charge in [-0.1, -0.05) is 24.6 Å². The largest absolute Gasteiger partial charge is 0.448 e. The van der Waals surface area contributed by atoms with E-state index in [9.17, 15) is 9.59 Å². The van der Waals surface area contributed by atoms with Crippen molar-refractivity contribution >= 4 is 28.9 Å². The number of hydrogen-bond acceptors (Lipinski definition) is 4. The fourth-order valence-electron chi connectivity index (χ4n) is 2.12. The summed E-state index contributed by atoms with van der Waals surface area (Å²) in [5.41, 5.74) is 2.88. The van der Waals surface area contributed by atoms with Gasteiger partial charge in [0.25, 0.3) is 5.91 Å². The molecule has 0 radical (unpaired) electrons. The number of nitrogens with one attached hydrogen (secondary N) is 1. The second-order valence-corrected chi connectivity index (χ2v) is 6.61. The van der Waals surface area contributed by atoms with Gasteiger partial charge in [-0.2, -0.15) is 0 Å². The number of amides is 1. The van der Waals surface area contributed by atoms with Gasteiger partial charge >= 0.3 is 5.97 Å². The normalized spacial score (nSPS) is 11.8. The van der Waals surface area contributed by atoms with Gasteiger partial charge in [-0.25, -0.2) is 4.79 Å². The Kier molecular flexibility index (Phi) is 5.55. The zero-order chi connectivity index (χ0) is 17.0. The molecule has 23 heavy (non-hydrogen) atoms. The molecule has 0 bridgehead atoms. The van der Waals surface area contributed by atoms with Gasteiger partial charge in [-0.15, -0.1) is 11.3 Å². The predicted molar refractivity (Wildman–Crippen MR) is 93.1 cm³/mol. The third-order valence-corrected chi connectivity index (χ3v) is 4.88. The van der Waals surface area contributed by atoms with Crippen LogP contribution in [0.25, 0.3) is 0 Å². The van der Waals surface area contributed by atoms with Gasteiger partial charge in [0.2, 0.25) is 0 Å². The predicted octanol–water partition coefficient (Wildman–Crippen LogP) is 4.11. The van der Waals surface area contributed by atoms with E-state index in [0.29, 0.717) is 10.6 Å². The monoisotopic (exact) mass is 331 g/mol. The highest BCUT2D eigenvalue weighted by atomic mass is 32.1. The van der Waals surface area contributed by atoms with E-state index >= 15 is 0 Å². The summed E-state index contributed by atoms with van der Waals surface area (Å²) in [5, 5.41) is 2.74. The van der Waals surface area contributed by atoms with Gasteiger partial charge in [0.1, 0.15) is 4.88 Å². The van der Waals surface area contributed by atoms with Crippen molar-refractivity contribution in [3.63, 3.8) is 0 Å². The molecule has 1 aromatic heterocycles. The van der Waals surface area contributed by atoms with Crippen molar-refractivity contribution in [2.24, 2.45) is 0 Å². The lowest BCUT2D eigenvalue weighted by Crippen LogP contribution is -2.29. The summed E-state index contributed by atoms with van der Waals surface area (Å²) in [5.74, 6) is -0.796. The summed E-state index contributed by atoms with van der Waals surface area (Å²) in [4.78, 5) is 26.0. The van der Waals surface area contributed by atoms with Crippen LogP contribution in [0.15, 0.2) is 30.3 Å². The van der Waals surface area contributed by atoms with Crippen LogP contribution >= 0.6 is 11.3 Å². The van der Waals surface area contributed by atoms with E-state index in [1.54, 1.807) is 6.92 Å². The molecule has 0 aliphatic heterocycles. The molecule has 1 N–H and O–H groups in total. The number of benzene rings is 1. The third kappa shape index (κ3) is 4.42. The fourth-order valence-corrected chi connectivity index (χ4v) is 3.12. The number of thiophene rings is 1. The maximum atomic E-state index is 12.1. The van der Waals surface area contributed by atoms with Crippen molar-refractivity contribution in [3.8, 4) is 0 Å². The molecule has 0 spiro atoms. The second-order valence-electron chi connectivity index (χ2n) is 5.47. The molecule has 2 rings (SSSR count). The van der Waals surface area contributed by atoms with E-state index in [-0.39, 0.29) is 5.91 Å². The summed E-state index contributed by atoms with van der Waals surface area (Å²) in [6.45, 7) is 7.57. The van der Waals surface area contributed by atoms with Gasteiger partial charge in [-0.3, -0.25) is 4.79 Å². The van der Waals surface area contributed by atoms with Crippen LogP contribution in [0.1, 0.15) is 39.5 Å². The minimum Gasteiger partial charge on any atom is -0.448 e. The Balaban J connectivity index is 1.96. The molecule has 2 aromatic rings. The maximum Gasteiger partial charge on any atom is 0.349 e. The average Bonchev–Trinajstić information content (AvgIpc) is 2.90. The van der Waals surface area contributed by atoms with Crippen LogP contribution in [-0.2, 0) is 16.0 Å². The fraction of sp³-hybridized carbons (Fsp3) is 0.333. The van der Waals surface area contributed by atoms with Gasteiger partial charge in [0, 0.05) is 10.6 Å². The molecule has 122 valence electrons. The van der Waals surface area contributed by atoms with Crippen molar-refractivity contribution < 1.29 is 14.3 Å². The summed E-state index contributed by atoms with van der Waals surface area (Å²) < 4.78 is 5.27. The average molecular weight is 331 g/mol. The van der Waals surface area contributed by atoms with Crippen LogP contribution in [-0.4, -0.2) is 18.0 Å². The summed E-state index contributed by atoms with van der Waals surface area (Å²) in [7, 11) is 0. The highest BCUT2D eigenvalue weighted by Gasteiger charge is 2.21. The molecule has 5 heteroatoms. The highest BCUT2D eigenvalue weighted by Crippen LogP contribution is 2.23. The van der Waals surface area contributed by atoms with E-state index in [0.717, 1.165) is 22.4 Å². The number of anilines is 1. The van der Waals surface area contributed by atoms with Crippen LogP contribution in [0, 0.1) is 13.8 Å². The van der Waals surface area contributed by atoms with E-state index in [1.807, 2.05) is 51.1 Å². The number of ether oxygens (including phenoxy) is 1. The minimum absolute atomic E-state index is 0.341. The van der Waals surface area contributed by atoms with Gasteiger partial charge in [0.15, 0.2) is 6.10 Å². The Labute approximate surface area is 140 Å². The molecule has 4 nitrogen and oxygen atoms in total. The first-order valence-corrected chi connectivity index (χ1v) is 8.40. The number of esters is 1. The molecule has 0 saturated carbocycles. The van der Waals surface area contributed by atoms with Crippen LogP contribution in [0.3, 0.4) is 0 Å². The van der Waals surface area contributed by atoms with Crippen molar-refractivity contribution in [1.82, 2.24) is 0 Å². The van der Waals surface area contributed by atoms with E-state index in [4.69, 9.17) is 4.74 Å². The third-order valence-electron chi connectivity index (χ3n) is 3.52. The van der Waals surface area contributed by atoms with Crippen LogP contribution in [0.2, 0.25) is 0 Å². The lowest BCUT2D eigenvalue weighted by Gasteiger charge is -2.13. The second kappa shape index (κ2) is 7.42. The first-order chi connectivity index (χ1) is 10.9. The van der Waals surface area contributed by atoms with Crippen molar-refractivity contribution in [1.29, 1.82) is 0 Å². The van der Waals surface area contributed by atoms with Gasteiger partial charge in [-0.05, 0) is 51.0 Å². The number of carbonyl (C=O) groups is 2. The zero-order valence-electron chi connectivity index (χ0n) is 13.8. The Morgan fingerprint density at radius 1 is 1.22 bits per heavy atom. The van der Waals surface area contributed by atoms with E-state index in [2.05, 4.69) is 5.32 Å². The lowest BCUT2D eigenvalue weighted by atomic mass is 10.2. The molecular weight excluding hydrogens is 310 g/mol. The maximum absolute atomic E-state index is 12.1. The molecule has 0 unspecified atom stereocenters. The van der Waals surface area contributed by atoms with Crippen molar-refractivity contribution in [3.05, 3.63) is 51.2 Å². The van der Waals surface area contributed by atoms with E-state index in [1.165, 1.54) is 11.3 Å². The molecule has 0 aliphatic rings. The quantitative estimate of drug-likeness (QED) is 0.839. The lowest BCUT2D eigenvalue weighted by molar-refractivity contribution is -0.123. The summed E-state index contributed by atoms with van der Waals surface area (Å²) in [6, 6.07) is 9.27. The van der Waals surface area contributed by atoms with Gasteiger partial charge in [0.05, 0.1) is 0 Å². The zero-order valence-corrected chi connectivity index (χ0v) is 14.6. The number of hydrogen-bond donors (Lipinski definition) is 1. The topological polar surface area (TPSA) is 55.4 Å². The van der Waals surface area contributed by atoms with Crippen LogP contribution in [0.5, 0.6) is 0 Å². The summed E-state index contributed by atoms with van der Waals surface area (Å²) >= 11 is 1.42. The SMILES string of the molecule is CCc1sc(C(=O)O[C@H](C)C(=O)Nc2ccc(C)cc2)cc1C. The Morgan fingerprint density at radius 3 is 2.43 bits per heavy atom. The molecule has 1 amide bonds. The minimum atomic E-state index is -0.851. The number of aryl methyl sites for hydroxylation is 3.